The topological polar surface area (TPSA) is 62.2 Å². The Morgan fingerprint density at radius 1 is 1.18 bits per heavy atom. The molecule has 0 unspecified atom stereocenters. The number of nitrogens with zero attached hydrogens (tertiary/aromatic N) is 3. The number of aromatic nitrogens is 2. The van der Waals surface area contributed by atoms with Crippen LogP contribution >= 0.6 is 12.2 Å². The third-order valence-corrected chi connectivity index (χ3v) is 5.12. The molecule has 4 rings (SSSR count). The van der Waals surface area contributed by atoms with Crippen molar-refractivity contribution in [1.29, 1.82) is 0 Å². The number of rotatable bonds is 5. The number of benzene rings is 1. The third-order valence-electron chi connectivity index (χ3n) is 4.77. The van der Waals surface area contributed by atoms with Gasteiger partial charge >= 0.3 is 0 Å². The van der Waals surface area contributed by atoms with Crippen molar-refractivity contribution in [3.8, 4) is 0 Å². The number of hydrogen-bond donors (Lipinski definition) is 2. The predicted octanol–water partition coefficient (Wildman–Crippen LogP) is 3.03. The Morgan fingerprint density at radius 3 is 2.64 bits per heavy atom. The van der Waals surface area contributed by atoms with Gasteiger partial charge in [0.25, 0.3) is 0 Å². The largest absolute Gasteiger partial charge is 0.357 e. The first-order valence-corrected chi connectivity index (χ1v) is 9.47. The number of para-hydroxylation sites is 1. The Hall–Kier alpha value is -3.19. The molecule has 142 valence electrons. The van der Waals surface area contributed by atoms with Gasteiger partial charge in [-0.2, -0.15) is 0 Å². The third kappa shape index (κ3) is 3.75. The van der Waals surface area contributed by atoms with Crippen LogP contribution in [0.5, 0.6) is 0 Å². The number of anilines is 1. The van der Waals surface area contributed by atoms with Gasteiger partial charge in [-0.25, -0.2) is 0 Å². The summed E-state index contributed by atoms with van der Waals surface area (Å²) < 4.78 is 1.99. The quantitative estimate of drug-likeness (QED) is 0.655. The number of hydrogen-bond acceptors (Lipinski definition) is 3. The Morgan fingerprint density at radius 2 is 1.96 bits per heavy atom. The number of thiocarbonyl (C=S) groups is 1. The summed E-state index contributed by atoms with van der Waals surface area (Å²) in [5, 5.41) is 6.83. The molecular weight excluding hydrogens is 370 g/mol. The van der Waals surface area contributed by atoms with E-state index in [1.807, 2.05) is 71.2 Å². The summed E-state index contributed by atoms with van der Waals surface area (Å²) in [6, 6.07) is 17.1. The van der Waals surface area contributed by atoms with Gasteiger partial charge in [0.1, 0.15) is 6.54 Å². The zero-order chi connectivity index (χ0) is 19.5. The molecule has 0 aliphatic carbocycles. The molecule has 1 aliphatic rings. The van der Waals surface area contributed by atoms with E-state index in [1.54, 1.807) is 6.20 Å². The number of pyridine rings is 1. The molecule has 2 N–H and O–H groups in total. The summed E-state index contributed by atoms with van der Waals surface area (Å²) in [5.74, 6) is -0.113. The summed E-state index contributed by atoms with van der Waals surface area (Å²) in [6.07, 6.45) is 5.82. The molecule has 0 spiro atoms. The van der Waals surface area contributed by atoms with Crippen LogP contribution in [0, 0.1) is 0 Å². The normalized spacial score (nSPS) is 18.8. The van der Waals surface area contributed by atoms with Crippen molar-refractivity contribution >= 4 is 28.9 Å². The van der Waals surface area contributed by atoms with Crippen LogP contribution in [-0.4, -0.2) is 32.0 Å². The highest BCUT2D eigenvalue weighted by Gasteiger charge is 2.40. The van der Waals surface area contributed by atoms with Gasteiger partial charge in [-0.1, -0.05) is 24.3 Å². The molecule has 28 heavy (non-hydrogen) atoms. The maximum atomic E-state index is 12.7. The van der Waals surface area contributed by atoms with Crippen molar-refractivity contribution in [1.82, 2.24) is 19.8 Å². The molecule has 6 nitrogen and oxygen atoms in total. The van der Waals surface area contributed by atoms with Crippen molar-refractivity contribution in [2.24, 2.45) is 7.05 Å². The minimum Gasteiger partial charge on any atom is -0.357 e. The predicted molar refractivity (Wildman–Crippen MR) is 113 cm³/mol. The number of carbonyl (C=O) groups is 1. The molecule has 3 heterocycles. The van der Waals surface area contributed by atoms with Gasteiger partial charge in [-0.3, -0.25) is 9.78 Å². The lowest BCUT2D eigenvalue weighted by Crippen LogP contribution is -2.37. The molecule has 2 aromatic heterocycles. The minimum atomic E-state index is -0.124. The highest BCUT2D eigenvalue weighted by Crippen LogP contribution is 2.38. The van der Waals surface area contributed by atoms with E-state index in [1.165, 1.54) is 0 Å². The summed E-state index contributed by atoms with van der Waals surface area (Å²) in [4.78, 5) is 19.1. The Labute approximate surface area is 169 Å². The monoisotopic (exact) mass is 391 g/mol. The van der Waals surface area contributed by atoms with Gasteiger partial charge < -0.3 is 20.1 Å². The van der Waals surface area contributed by atoms with Gasteiger partial charge in [0, 0.05) is 31.3 Å². The zero-order valence-electron chi connectivity index (χ0n) is 15.4. The van der Waals surface area contributed by atoms with E-state index in [-0.39, 0.29) is 24.5 Å². The number of carbonyl (C=O) groups excluding carboxylic acids is 1. The number of aryl methyl sites for hydroxylation is 1. The molecule has 0 radical (unpaired) electrons. The standard InChI is InChI=1S/C21H21N5OS/c1-25-12-10-15(13-25)20-19(17-9-5-6-11-22-17)24-21(28)26(20)14-18(27)23-16-7-3-2-4-8-16/h2-13,19-20H,14H2,1H3,(H,23,27)(H,24,28)/t19-,20-/m0/s1. The Bertz CT molecular complexity index is 973. The molecule has 3 aromatic rings. The van der Waals surface area contributed by atoms with E-state index in [2.05, 4.69) is 27.9 Å². The average Bonchev–Trinajstić information content (AvgIpc) is 3.26. The second-order valence-corrected chi connectivity index (χ2v) is 7.17. The van der Waals surface area contributed by atoms with Gasteiger partial charge in [0.05, 0.1) is 17.8 Å². The highest BCUT2D eigenvalue weighted by molar-refractivity contribution is 7.80. The van der Waals surface area contributed by atoms with E-state index in [0.29, 0.717) is 5.11 Å². The van der Waals surface area contributed by atoms with E-state index in [9.17, 15) is 4.79 Å². The van der Waals surface area contributed by atoms with Crippen LogP contribution in [0.1, 0.15) is 23.3 Å². The fourth-order valence-electron chi connectivity index (χ4n) is 3.52. The van der Waals surface area contributed by atoms with Crippen LogP contribution in [0.2, 0.25) is 0 Å². The van der Waals surface area contributed by atoms with Crippen LogP contribution < -0.4 is 10.6 Å². The molecule has 1 aromatic carbocycles. The summed E-state index contributed by atoms with van der Waals surface area (Å²) in [7, 11) is 1.98. The molecule has 1 amide bonds. The van der Waals surface area contributed by atoms with Crippen LogP contribution in [0.3, 0.4) is 0 Å². The van der Waals surface area contributed by atoms with Crippen molar-refractivity contribution in [3.63, 3.8) is 0 Å². The van der Waals surface area contributed by atoms with Gasteiger partial charge in [-0.15, -0.1) is 0 Å². The molecular formula is C21H21N5OS. The minimum absolute atomic E-state index is 0.113. The Kier molecular flexibility index (Phi) is 5.08. The van der Waals surface area contributed by atoms with Gasteiger partial charge in [0.2, 0.25) is 5.91 Å². The zero-order valence-corrected chi connectivity index (χ0v) is 16.3. The lowest BCUT2D eigenvalue weighted by atomic mass is 9.99. The summed E-state index contributed by atoms with van der Waals surface area (Å²) >= 11 is 5.58. The molecule has 1 saturated heterocycles. The van der Waals surface area contributed by atoms with E-state index in [0.717, 1.165) is 16.9 Å². The van der Waals surface area contributed by atoms with Crippen LogP contribution in [0.15, 0.2) is 73.2 Å². The van der Waals surface area contributed by atoms with Crippen molar-refractivity contribution in [2.45, 2.75) is 12.1 Å². The number of amides is 1. The fraction of sp³-hybridized carbons (Fsp3) is 0.190. The summed E-state index contributed by atoms with van der Waals surface area (Å²) in [5.41, 5.74) is 2.74. The maximum Gasteiger partial charge on any atom is 0.244 e. The van der Waals surface area contributed by atoms with Gasteiger partial charge in [0.15, 0.2) is 5.11 Å². The second kappa shape index (κ2) is 7.82. The maximum absolute atomic E-state index is 12.7. The van der Waals surface area contributed by atoms with Crippen LogP contribution in [0.25, 0.3) is 0 Å². The fourth-order valence-corrected chi connectivity index (χ4v) is 3.82. The first kappa shape index (κ1) is 18.2. The van der Waals surface area contributed by atoms with E-state index < -0.39 is 0 Å². The SMILES string of the molecule is Cn1ccc([C@H]2[C@H](c3ccccn3)NC(=S)N2CC(=O)Nc2ccccc2)c1. The van der Waals surface area contributed by atoms with Crippen LogP contribution in [0.4, 0.5) is 5.69 Å². The first-order valence-electron chi connectivity index (χ1n) is 9.06. The average molecular weight is 392 g/mol. The highest BCUT2D eigenvalue weighted by atomic mass is 32.1. The van der Waals surface area contributed by atoms with Gasteiger partial charge in [-0.05, 0) is 48.1 Å². The van der Waals surface area contributed by atoms with E-state index >= 15 is 0 Å². The first-order chi connectivity index (χ1) is 13.6. The lowest BCUT2D eigenvalue weighted by Gasteiger charge is -2.26. The molecule has 2 atom stereocenters. The molecule has 0 bridgehead atoms. The van der Waals surface area contributed by atoms with E-state index in [4.69, 9.17) is 12.2 Å². The summed E-state index contributed by atoms with van der Waals surface area (Å²) in [6.45, 7) is 0.156. The van der Waals surface area contributed by atoms with Crippen molar-refractivity contribution in [3.05, 3.63) is 84.4 Å². The molecule has 1 fully saturated rings. The van der Waals surface area contributed by atoms with Crippen molar-refractivity contribution in [2.75, 3.05) is 11.9 Å². The lowest BCUT2D eigenvalue weighted by molar-refractivity contribution is -0.116. The van der Waals surface area contributed by atoms with Crippen LogP contribution in [-0.2, 0) is 11.8 Å². The smallest absolute Gasteiger partial charge is 0.244 e. The molecule has 0 saturated carbocycles. The Balaban J connectivity index is 1.61. The molecule has 1 aliphatic heterocycles. The second-order valence-electron chi connectivity index (χ2n) is 6.78. The van der Waals surface area contributed by atoms with Crippen molar-refractivity contribution < 1.29 is 4.79 Å². The number of nitrogens with one attached hydrogen (secondary N) is 2. The molecule has 7 heteroatoms.